The SMILES string of the molecule is NC(=S)CCCNC(=O)c1ccn[nH]1. The molecule has 0 saturated carbocycles. The van der Waals surface area contributed by atoms with E-state index in [1.807, 2.05) is 0 Å². The molecule has 0 saturated heterocycles. The molecule has 0 aromatic carbocycles. The first-order chi connectivity index (χ1) is 6.70. The number of thiocarbonyl (C=S) groups is 1. The summed E-state index contributed by atoms with van der Waals surface area (Å²) in [6, 6.07) is 1.61. The van der Waals surface area contributed by atoms with Crippen LogP contribution >= 0.6 is 12.2 Å². The van der Waals surface area contributed by atoms with Crippen LogP contribution in [0.3, 0.4) is 0 Å². The van der Waals surface area contributed by atoms with Gasteiger partial charge in [-0.25, -0.2) is 0 Å². The Balaban J connectivity index is 2.19. The van der Waals surface area contributed by atoms with Crippen LogP contribution in [0.15, 0.2) is 12.3 Å². The lowest BCUT2D eigenvalue weighted by Crippen LogP contribution is -2.25. The van der Waals surface area contributed by atoms with Gasteiger partial charge in [-0.2, -0.15) is 5.10 Å². The second-order valence-electron chi connectivity index (χ2n) is 2.80. The molecule has 0 fully saturated rings. The molecule has 4 N–H and O–H groups in total. The average Bonchev–Trinajstić information content (AvgIpc) is 2.64. The molecule has 0 radical (unpaired) electrons. The van der Waals surface area contributed by atoms with Crippen LogP contribution in [0.25, 0.3) is 0 Å². The lowest BCUT2D eigenvalue weighted by Gasteiger charge is -2.02. The third kappa shape index (κ3) is 3.53. The highest BCUT2D eigenvalue weighted by Gasteiger charge is 2.04. The third-order valence-corrected chi connectivity index (χ3v) is 1.83. The molecular formula is C8H12N4OS. The number of hydrogen-bond donors (Lipinski definition) is 3. The molecule has 5 nitrogen and oxygen atoms in total. The number of carbonyl (C=O) groups is 1. The number of aromatic amines is 1. The molecule has 1 aromatic rings. The largest absolute Gasteiger partial charge is 0.393 e. The van der Waals surface area contributed by atoms with E-state index >= 15 is 0 Å². The fraction of sp³-hybridized carbons (Fsp3) is 0.375. The van der Waals surface area contributed by atoms with Crippen LogP contribution in [-0.2, 0) is 0 Å². The fourth-order valence-electron chi connectivity index (χ4n) is 0.942. The highest BCUT2D eigenvalue weighted by atomic mass is 32.1. The summed E-state index contributed by atoms with van der Waals surface area (Å²) in [5, 5.41) is 8.96. The van der Waals surface area contributed by atoms with Gasteiger partial charge in [0.2, 0.25) is 0 Å². The predicted molar refractivity (Wildman–Crippen MR) is 56.9 cm³/mol. The van der Waals surface area contributed by atoms with Gasteiger partial charge in [0, 0.05) is 12.7 Å². The number of nitrogens with one attached hydrogen (secondary N) is 2. The van der Waals surface area contributed by atoms with E-state index in [-0.39, 0.29) is 5.91 Å². The van der Waals surface area contributed by atoms with Crippen LogP contribution in [-0.4, -0.2) is 27.6 Å². The van der Waals surface area contributed by atoms with Gasteiger partial charge in [0.25, 0.3) is 5.91 Å². The van der Waals surface area contributed by atoms with Crippen molar-refractivity contribution < 1.29 is 4.79 Å². The number of rotatable bonds is 5. The summed E-state index contributed by atoms with van der Waals surface area (Å²) in [6.45, 7) is 0.565. The summed E-state index contributed by atoms with van der Waals surface area (Å²) in [5.74, 6) is -0.162. The monoisotopic (exact) mass is 212 g/mol. The molecule has 0 aliphatic rings. The summed E-state index contributed by atoms with van der Waals surface area (Å²) in [6.07, 6.45) is 2.94. The zero-order valence-electron chi connectivity index (χ0n) is 7.62. The molecule has 1 heterocycles. The van der Waals surface area contributed by atoms with Crippen molar-refractivity contribution in [3.63, 3.8) is 0 Å². The van der Waals surface area contributed by atoms with Crippen LogP contribution < -0.4 is 11.1 Å². The molecule has 0 spiro atoms. The van der Waals surface area contributed by atoms with Crippen LogP contribution in [0.5, 0.6) is 0 Å². The second kappa shape index (κ2) is 5.33. The Morgan fingerprint density at radius 2 is 2.50 bits per heavy atom. The van der Waals surface area contributed by atoms with E-state index in [1.54, 1.807) is 6.07 Å². The Morgan fingerprint density at radius 3 is 3.07 bits per heavy atom. The summed E-state index contributed by atoms with van der Waals surface area (Å²) in [4.78, 5) is 11.8. The Hall–Kier alpha value is -1.43. The second-order valence-corrected chi connectivity index (χ2v) is 3.32. The number of amides is 1. The lowest BCUT2D eigenvalue weighted by molar-refractivity contribution is 0.0948. The van der Waals surface area contributed by atoms with Gasteiger partial charge in [-0.3, -0.25) is 9.89 Å². The molecular weight excluding hydrogens is 200 g/mol. The maximum absolute atomic E-state index is 11.3. The zero-order chi connectivity index (χ0) is 10.4. The van der Waals surface area contributed by atoms with Gasteiger partial charge in [0.15, 0.2) is 0 Å². The molecule has 0 atom stereocenters. The van der Waals surface area contributed by atoms with Crippen molar-refractivity contribution in [2.24, 2.45) is 5.73 Å². The first-order valence-electron chi connectivity index (χ1n) is 4.26. The minimum absolute atomic E-state index is 0.162. The molecule has 0 unspecified atom stereocenters. The standard InChI is InChI=1S/C8H12N4OS/c9-7(14)2-1-4-10-8(13)6-3-5-11-12-6/h3,5H,1-2,4H2,(H2,9,14)(H,10,13)(H,11,12). The number of carbonyl (C=O) groups excluding carboxylic acids is 1. The molecule has 1 rings (SSSR count). The van der Waals surface area contributed by atoms with Crippen molar-refractivity contribution in [2.75, 3.05) is 6.54 Å². The van der Waals surface area contributed by atoms with Gasteiger partial charge < -0.3 is 11.1 Å². The summed E-state index contributed by atoms with van der Waals surface area (Å²) < 4.78 is 0. The molecule has 6 heteroatoms. The van der Waals surface area contributed by atoms with Crippen molar-refractivity contribution in [3.8, 4) is 0 Å². The van der Waals surface area contributed by atoms with Crippen LogP contribution in [0, 0.1) is 0 Å². The van der Waals surface area contributed by atoms with Gasteiger partial charge in [-0.1, -0.05) is 12.2 Å². The summed E-state index contributed by atoms with van der Waals surface area (Å²) in [7, 11) is 0. The maximum atomic E-state index is 11.3. The van der Waals surface area contributed by atoms with Crippen LogP contribution in [0.4, 0.5) is 0 Å². The fourth-order valence-corrected chi connectivity index (χ4v) is 1.09. The summed E-state index contributed by atoms with van der Waals surface area (Å²) >= 11 is 4.70. The first kappa shape index (κ1) is 10.6. The summed E-state index contributed by atoms with van der Waals surface area (Å²) in [5.41, 5.74) is 5.77. The van der Waals surface area contributed by atoms with Crippen LogP contribution in [0.2, 0.25) is 0 Å². The highest BCUT2D eigenvalue weighted by molar-refractivity contribution is 7.80. The molecule has 0 aliphatic carbocycles. The normalized spacial score (nSPS) is 9.71. The Labute approximate surface area is 87.1 Å². The van der Waals surface area contributed by atoms with E-state index in [2.05, 4.69) is 15.5 Å². The van der Waals surface area contributed by atoms with Gasteiger partial charge >= 0.3 is 0 Å². The number of nitrogens with two attached hydrogens (primary N) is 1. The zero-order valence-corrected chi connectivity index (χ0v) is 8.43. The number of hydrogen-bond acceptors (Lipinski definition) is 3. The van der Waals surface area contributed by atoms with E-state index in [1.165, 1.54) is 6.20 Å². The number of aromatic nitrogens is 2. The van der Waals surface area contributed by atoms with Crippen molar-refractivity contribution >= 4 is 23.1 Å². The van der Waals surface area contributed by atoms with E-state index in [9.17, 15) is 4.79 Å². The smallest absolute Gasteiger partial charge is 0.269 e. The molecule has 14 heavy (non-hydrogen) atoms. The maximum Gasteiger partial charge on any atom is 0.269 e. The van der Waals surface area contributed by atoms with E-state index in [4.69, 9.17) is 18.0 Å². The highest BCUT2D eigenvalue weighted by Crippen LogP contribution is 1.92. The Morgan fingerprint density at radius 1 is 1.71 bits per heavy atom. The predicted octanol–water partition coefficient (Wildman–Crippen LogP) is 0.206. The minimum atomic E-state index is -0.162. The third-order valence-electron chi connectivity index (χ3n) is 1.63. The number of H-pyrrole nitrogens is 1. The Bertz CT molecular complexity index is 309. The van der Waals surface area contributed by atoms with Crippen molar-refractivity contribution in [1.29, 1.82) is 0 Å². The quantitative estimate of drug-likeness (QED) is 0.481. The van der Waals surface area contributed by atoms with Gasteiger partial charge in [-0.15, -0.1) is 0 Å². The Kier molecular flexibility index (Phi) is 4.06. The van der Waals surface area contributed by atoms with Gasteiger partial charge in [-0.05, 0) is 18.9 Å². The molecule has 0 bridgehead atoms. The average molecular weight is 212 g/mol. The first-order valence-corrected chi connectivity index (χ1v) is 4.67. The van der Waals surface area contributed by atoms with Crippen molar-refractivity contribution in [2.45, 2.75) is 12.8 Å². The van der Waals surface area contributed by atoms with E-state index < -0.39 is 0 Å². The molecule has 1 amide bonds. The topological polar surface area (TPSA) is 83.8 Å². The molecule has 1 aromatic heterocycles. The van der Waals surface area contributed by atoms with Gasteiger partial charge in [0.1, 0.15) is 5.69 Å². The van der Waals surface area contributed by atoms with Gasteiger partial charge in [0.05, 0.1) is 4.99 Å². The number of nitrogens with zero attached hydrogens (tertiary/aromatic N) is 1. The van der Waals surface area contributed by atoms with E-state index in [0.717, 1.165) is 6.42 Å². The lowest BCUT2D eigenvalue weighted by atomic mass is 10.3. The minimum Gasteiger partial charge on any atom is -0.393 e. The van der Waals surface area contributed by atoms with E-state index in [0.29, 0.717) is 23.6 Å². The van der Waals surface area contributed by atoms with Crippen molar-refractivity contribution in [1.82, 2.24) is 15.5 Å². The molecule has 76 valence electrons. The van der Waals surface area contributed by atoms with Crippen LogP contribution in [0.1, 0.15) is 23.3 Å². The molecule has 0 aliphatic heterocycles. The van der Waals surface area contributed by atoms with Crippen molar-refractivity contribution in [3.05, 3.63) is 18.0 Å².